The number of rotatable bonds is 1. The molecule has 2 heterocycles. The summed E-state index contributed by atoms with van der Waals surface area (Å²) >= 11 is 9.07. The molecule has 2 aromatic rings. The maximum absolute atomic E-state index is 5.80. The van der Waals surface area contributed by atoms with E-state index in [1.54, 1.807) is 23.1 Å². The Bertz CT molecular complexity index is 453. The van der Waals surface area contributed by atoms with Gasteiger partial charge in [-0.2, -0.15) is 0 Å². The van der Waals surface area contributed by atoms with Crippen LogP contribution in [0.3, 0.4) is 0 Å². The Morgan fingerprint density at radius 1 is 1.46 bits per heavy atom. The van der Waals surface area contributed by atoms with Crippen LogP contribution in [0.4, 0.5) is 0 Å². The third kappa shape index (κ3) is 1.54. The monoisotopic (exact) mass is 230 g/mol. The second-order valence-electron chi connectivity index (χ2n) is 2.60. The van der Waals surface area contributed by atoms with Crippen LogP contribution in [0.5, 0.6) is 0 Å². The van der Waals surface area contributed by atoms with Crippen molar-refractivity contribution in [2.24, 2.45) is 0 Å². The van der Waals surface area contributed by atoms with E-state index in [0.717, 1.165) is 15.2 Å². The van der Waals surface area contributed by atoms with Crippen LogP contribution in [0.15, 0.2) is 10.4 Å². The van der Waals surface area contributed by atoms with E-state index in [2.05, 4.69) is 15.3 Å². The first-order valence-electron chi connectivity index (χ1n) is 3.67. The lowest BCUT2D eigenvalue weighted by Gasteiger charge is -1.98. The summed E-state index contributed by atoms with van der Waals surface area (Å²) in [6, 6.07) is 0. The zero-order valence-corrected chi connectivity index (χ0v) is 9.56. The van der Waals surface area contributed by atoms with Crippen molar-refractivity contribution in [3.63, 3.8) is 0 Å². The summed E-state index contributed by atoms with van der Waals surface area (Å²) in [5, 5.41) is 3.38. The van der Waals surface area contributed by atoms with Crippen LogP contribution in [0.25, 0.3) is 10.2 Å². The fourth-order valence-electron chi connectivity index (χ4n) is 1.12. The van der Waals surface area contributed by atoms with Gasteiger partial charge in [-0.05, 0) is 35.7 Å². The molecule has 2 aromatic heterocycles. The molecule has 0 atom stereocenters. The first-order chi connectivity index (χ1) is 6.22. The van der Waals surface area contributed by atoms with Crippen molar-refractivity contribution in [3.05, 3.63) is 16.2 Å². The molecule has 0 N–H and O–H groups in total. The van der Waals surface area contributed by atoms with Gasteiger partial charge >= 0.3 is 0 Å². The van der Waals surface area contributed by atoms with Gasteiger partial charge in [0.15, 0.2) is 0 Å². The summed E-state index contributed by atoms with van der Waals surface area (Å²) in [6.07, 6.45) is 1.99. The fraction of sp³-hybridized carbons (Fsp3) is 0.250. The molecule has 0 aliphatic heterocycles. The molecule has 0 saturated heterocycles. The number of aromatic nitrogens is 2. The summed E-state index contributed by atoms with van der Waals surface area (Å²) in [4.78, 5) is 8.36. The maximum Gasteiger partial charge on any atom is 0.224 e. The van der Waals surface area contributed by atoms with Crippen molar-refractivity contribution in [3.8, 4) is 0 Å². The van der Waals surface area contributed by atoms with Crippen molar-refractivity contribution >= 4 is 44.9 Å². The molecule has 2 rings (SSSR count). The standard InChI is InChI=1S/C8H7ClN2S2/c1-4-3-13-6-5(4)10-8(9)11-7(6)12-2/h3H,1-2H3. The highest BCUT2D eigenvalue weighted by Crippen LogP contribution is 2.31. The number of nitrogens with zero attached hydrogens (tertiary/aromatic N) is 2. The molecule has 0 aliphatic carbocycles. The van der Waals surface area contributed by atoms with Gasteiger partial charge in [-0.3, -0.25) is 0 Å². The second-order valence-corrected chi connectivity index (χ2v) is 4.61. The Morgan fingerprint density at radius 3 is 2.92 bits per heavy atom. The Balaban J connectivity index is 2.84. The van der Waals surface area contributed by atoms with Crippen LogP contribution in [0.2, 0.25) is 5.28 Å². The van der Waals surface area contributed by atoms with Crippen molar-refractivity contribution in [2.75, 3.05) is 6.26 Å². The fourth-order valence-corrected chi connectivity index (χ4v) is 3.06. The van der Waals surface area contributed by atoms with Crippen molar-refractivity contribution in [2.45, 2.75) is 11.9 Å². The van der Waals surface area contributed by atoms with E-state index in [-0.39, 0.29) is 0 Å². The summed E-state index contributed by atoms with van der Waals surface area (Å²) in [5.41, 5.74) is 2.15. The number of thiophene rings is 1. The van der Waals surface area contributed by atoms with Crippen molar-refractivity contribution in [1.29, 1.82) is 0 Å². The number of fused-ring (bicyclic) bond motifs is 1. The zero-order valence-electron chi connectivity index (χ0n) is 7.17. The highest BCUT2D eigenvalue weighted by Gasteiger charge is 2.09. The SMILES string of the molecule is CSc1nc(Cl)nc2c(C)csc12. The highest BCUT2D eigenvalue weighted by molar-refractivity contribution is 7.98. The number of aryl methyl sites for hydroxylation is 1. The lowest BCUT2D eigenvalue weighted by Crippen LogP contribution is -1.86. The van der Waals surface area contributed by atoms with E-state index >= 15 is 0 Å². The van der Waals surface area contributed by atoms with E-state index in [1.165, 1.54) is 5.56 Å². The molecule has 0 unspecified atom stereocenters. The van der Waals surface area contributed by atoms with Gasteiger partial charge < -0.3 is 0 Å². The van der Waals surface area contributed by atoms with Crippen LogP contribution < -0.4 is 0 Å². The van der Waals surface area contributed by atoms with Crippen LogP contribution in [0.1, 0.15) is 5.56 Å². The van der Waals surface area contributed by atoms with Crippen molar-refractivity contribution < 1.29 is 0 Å². The number of halogens is 1. The normalized spacial score (nSPS) is 11.0. The summed E-state index contributed by atoms with van der Waals surface area (Å²) in [5.74, 6) is 0. The van der Waals surface area contributed by atoms with Gasteiger partial charge in [-0.15, -0.1) is 23.1 Å². The predicted octanol–water partition coefficient (Wildman–Crippen LogP) is 3.38. The highest BCUT2D eigenvalue weighted by atomic mass is 35.5. The van der Waals surface area contributed by atoms with Gasteiger partial charge in [0.2, 0.25) is 5.28 Å². The minimum absolute atomic E-state index is 0.332. The van der Waals surface area contributed by atoms with Gasteiger partial charge in [-0.25, -0.2) is 9.97 Å². The summed E-state index contributed by atoms with van der Waals surface area (Å²) in [6.45, 7) is 2.03. The molecular formula is C8H7ClN2S2. The quantitative estimate of drug-likeness (QED) is 0.427. The maximum atomic E-state index is 5.80. The third-order valence-electron chi connectivity index (χ3n) is 1.73. The Labute approximate surface area is 89.3 Å². The molecule has 0 spiro atoms. The Hall–Kier alpha value is -0.320. The number of hydrogen-bond acceptors (Lipinski definition) is 4. The van der Waals surface area contributed by atoms with Gasteiger partial charge in [-0.1, -0.05) is 0 Å². The molecule has 0 saturated carbocycles. The first kappa shape index (κ1) is 9.24. The minimum Gasteiger partial charge on any atom is -0.217 e. The second kappa shape index (κ2) is 3.44. The van der Waals surface area contributed by atoms with Gasteiger partial charge in [0.25, 0.3) is 0 Å². The molecule has 0 aromatic carbocycles. The lowest BCUT2D eigenvalue weighted by molar-refractivity contribution is 1.11. The van der Waals surface area contributed by atoms with Gasteiger partial charge in [0.1, 0.15) is 5.03 Å². The molecule has 5 heteroatoms. The number of hydrogen-bond donors (Lipinski definition) is 0. The number of thioether (sulfide) groups is 1. The smallest absolute Gasteiger partial charge is 0.217 e. The Morgan fingerprint density at radius 2 is 2.23 bits per heavy atom. The largest absolute Gasteiger partial charge is 0.224 e. The summed E-state index contributed by atoms with van der Waals surface area (Å²) < 4.78 is 1.13. The van der Waals surface area contributed by atoms with E-state index in [4.69, 9.17) is 11.6 Å². The molecule has 0 fully saturated rings. The molecular weight excluding hydrogens is 224 g/mol. The molecule has 0 radical (unpaired) electrons. The zero-order chi connectivity index (χ0) is 9.42. The van der Waals surface area contributed by atoms with E-state index in [9.17, 15) is 0 Å². The van der Waals surface area contributed by atoms with Crippen LogP contribution >= 0.6 is 34.7 Å². The van der Waals surface area contributed by atoms with E-state index in [0.29, 0.717) is 5.28 Å². The first-order valence-corrected chi connectivity index (χ1v) is 6.16. The molecule has 0 bridgehead atoms. The molecule has 0 amide bonds. The van der Waals surface area contributed by atoms with E-state index in [1.807, 2.05) is 13.2 Å². The van der Waals surface area contributed by atoms with Crippen LogP contribution in [0, 0.1) is 6.92 Å². The third-order valence-corrected chi connectivity index (χ3v) is 3.80. The molecule has 13 heavy (non-hydrogen) atoms. The molecule has 0 aliphatic rings. The topological polar surface area (TPSA) is 25.8 Å². The average molecular weight is 231 g/mol. The lowest BCUT2D eigenvalue weighted by atomic mass is 10.3. The minimum atomic E-state index is 0.332. The predicted molar refractivity (Wildman–Crippen MR) is 58.9 cm³/mol. The molecule has 2 nitrogen and oxygen atoms in total. The average Bonchev–Trinajstić information content (AvgIpc) is 2.47. The Kier molecular flexibility index (Phi) is 2.45. The van der Waals surface area contributed by atoms with Crippen molar-refractivity contribution in [1.82, 2.24) is 9.97 Å². The van der Waals surface area contributed by atoms with Gasteiger partial charge in [0, 0.05) is 0 Å². The van der Waals surface area contributed by atoms with E-state index < -0.39 is 0 Å². The van der Waals surface area contributed by atoms with Gasteiger partial charge in [0.05, 0.1) is 10.2 Å². The van der Waals surface area contributed by atoms with Crippen LogP contribution in [-0.4, -0.2) is 16.2 Å². The van der Waals surface area contributed by atoms with Crippen LogP contribution in [-0.2, 0) is 0 Å². The summed E-state index contributed by atoms with van der Waals surface area (Å²) in [7, 11) is 0. The molecule has 68 valence electrons.